The van der Waals surface area contributed by atoms with Crippen LogP contribution in [0.2, 0.25) is 0 Å². The molecule has 0 saturated heterocycles. The average molecular weight is 1910 g/mol. The SMILES string of the molecule is c1ccc(-c2ccc(-c3cc(-n4c5ccccc5c5cc(-c6ccc7c(c6)c6ccccc6n7-c6ccccc6)ccc54)nc4ccccc34)cc2)cc1.c1ccc(-c2nc(-c3ccccc3)nc(-c3ccc(-n4c5ccccc5c5c6sc7ccccc7c6ccc54)cc3)n2)cc1.c1ccc(-c2nc(-c3ccccc3)nc(-c3ccc(-n4c5ccccc5c5cc6c7ccccc7n(-c7ccccc7)c6cc54)nc3)n2)cc1. The molecular weight excluding hydrogens is 1820 g/mol. The van der Waals surface area contributed by atoms with Gasteiger partial charge in [-0.2, -0.15) is 0 Å². The van der Waals surface area contributed by atoms with Crippen molar-refractivity contribution in [1.82, 2.24) is 62.7 Å². The standard InChI is InChI=1S/C51H33N3.C44H28N6.C39H24N4S/c1-3-13-34(14-4-1)35-23-25-36(26-24-35)43-33-51(52-46-20-10-7-17-40(43)46)54-48-22-12-9-19-42(48)45-32-38(28-30-50(45)54)37-27-29-49-44(31-37)41-18-8-11-21-47(41)53(49)39-15-5-2-6-16-39;1-4-14-29(15-5-1)42-46-43(30-16-6-2-7-17-30)48-44(47-42)31-24-25-41(45-28-31)50-38-23-13-11-21-34(38)36-26-35-33-20-10-12-22-37(33)49(39(35)27-40(36)50)32-18-8-3-9-19-32;1-3-11-25(12-4-1)37-40-38(26-13-5-2-6-14-26)42-39(41-37)27-19-21-28(22-20-27)43-32-17-9-7-16-31(32)35-33(43)24-23-30-29-15-8-10-18-34(29)44-36(30)35/h1-33H;1-28H;1-24H. The van der Waals surface area contributed by atoms with E-state index in [1.54, 1.807) is 0 Å². The molecule has 20 aromatic carbocycles. The lowest BCUT2D eigenvalue weighted by Crippen LogP contribution is -2.01. The molecule has 10 aromatic heterocycles. The Morgan fingerprint density at radius 3 is 0.966 bits per heavy atom. The Hall–Kier alpha value is -19.8. The van der Waals surface area contributed by atoms with Gasteiger partial charge in [0.25, 0.3) is 0 Å². The number of rotatable bonds is 14. The third-order valence-electron chi connectivity index (χ3n) is 28.6. The fourth-order valence-electron chi connectivity index (χ4n) is 21.7. The lowest BCUT2D eigenvalue weighted by Gasteiger charge is -2.13. The van der Waals surface area contributed by atoms with Gasteiger partial charge in [-0.25, -0.2) is 39.9 Å². The number of hydrogen-bond donors (Lipinski definition) is 0. The van der Waals surface area contributed by atoms with Crippen LogP contribution in [0.1, 0.15) is 0 Å². The molecule has 10 heterocycles. The summed E-state index contributed by atoms with van der Waals surface area (Å²) in [4.78, 5) is 39.7. The van der Waals surface area contributed by atoms with E-state index in [0.29, 0.717) is 34.9 Å². The molecule has 0 spiro atoms. The minimum absolute atomic E-state index is 0.577. The fourth-order valence-corrected chi connectivity index (χ4v) is 23.0. The second kappa shape index (κ2) is 36.3. The van der Waals surface area contributed by atoms with Gasteiger partial charge >= 0.3 is 0 Å². The molecule has 692 valence electrons. The van der Waals surface area contributed by atoms with E-state index >= 15 is 0 Å². The Labute approximate surface area is 854 Å². The first kappa shape index (κ1) is 86.1. The quantitative estimate of drug-likeness (QED) is 0.105. The van der Waals surface area contributed by atoms with Crippen molar-refractivity contribution in [2.45, 2.75) is 0 Å². The lowest BCUT2D eigenvalue weighted by molar-refractivity contribution is 1.05. The van der Waals surface area contributed by atoms with Crippen molar-refractivity contribution in [2.24, 2.45) is 0 Å². The van der Waals surface area contributed by atoms with Gasteiger partial charge in [0.15, 0.2) is 34.9 Å². The van der Waals surface area contributed by atoms with Gasteiger partial charge in [-0.1, -0.05) is 358 Å². The summed E-state index contributed by atoms with van der Waals surface area (Å²) in [5.74, 6) is 5.53. The van der Waals surface area contributed by atoms with E-state index in [1.807, 2.05) is 139 Å². The van der Waals surface area contributed by atoms with Crippen molar-refractivity contribution in [1.29, 1.82) is 0 Å². The number of thiophene rings is 1. The van der Waals surface area contributed by atoms with Crippen LogP contribution in [-0.2, 0) is 0 Å². The molecule has 30 aromatic rings. The van der Waals surface area contributed by atoms with Gasteiger partial charge < -0.3 is 13.7 Å². The number of nitrogens with zero attached hydrogens (tertiary/aromatic N) is 13. The van der Waals surface area contributed by atoms with Gasteiger partial charge in [-0.15, -0.1) is 11.3 Å². The predicted molar refractivity (Wildman–Crippen MR) is 613 cm³/mol. The summed E-state index contributed by atoms with van der Waals surface area (Å²) in [6.07, 6.45) is 1.87. The summed E-state index contributed by atoms with van der Waals surface area (Å²) < 4.78 is 14.3. The van der Waals surface area contributed by atoms with E-state index in [0.717, 1.165) is 94.9 Å². The second-order valence-electron chi connectivity index (χ2n) is 37.2. The molecule has 0 atom stereocenters. The molecule has 0 bridgehead atoms. The third kappa shape index (κ3) is 15.1. The highest BCUT2D eigenvalue weighted by Gasteiger charge is 2.26. The molecule has 0 radical (unpaired) electrons. The highest BCUT2D eigenvalue weighted by molar-refractivity contribution is 7.26. The molecule has 14 heteroatoms. The van der Waals surface area contributed by atoms with E-state index in [1.165, 1.54) is 141 Å². The molecule has 0 amide bonds. The molecule has 0 fully saturated rings. The molecule has 148 heavy (non-hydrogen) atoms. The number of benzene rings is 20. The largest absolute Gasteiger partial charge is 0.309 e. The first-order chi connectivity index (χ1) is 73.4. The van der Waals surface area contributed by atoms with Crippen LogP contribution in [-0.4, -0.2) is 62.7 Å². The van der Waals surface area contributed by atoms with E-state index in [4.69, 9.17) is 39.9 Å². The Balaban J connectivity index is 0.000000108. The maximum Gasteiger partial charge on any atom is 0.165 e. The number of fused-ring (bicyclic) bond motifs is 20. The van der Waals surface area contributed by atoms with E-state index in [-0.39, 0.29) is 0 Å². The molecule has 13 nitrogen and oxygen atoms in total. The highest BCUT2D eigenvalue weighted by Crippen LogP contribution is 2.47. The maximum absolute atomic E-state index is 5.30. The topological polar surface area (TPSA) is 128 Å². The first-order valence-corrected chi connectivity index (χ1v) is 50.6. The van der Waals surface area contributed by atoms with E-state index in [9.17, 15) is 0 Å². The summed E-state index contributed by atoms with van der Waals surface area (Å²) in [6.45, 7) is 0. The Bertz CT molecular complexity index is 10300. The Morgan fingerprint density at radius 1 is 0.162 bits per heavy atom. The molecule has 0 aliphatic heterocycles. The summed E-state index contributed by atoms with van der Waals surface area (Å²) in [5.41, 5.74) is 28.7. The molecule has 0 aliphatic rings. The molecule has 0 unspecified atom stereocenters. The van der Waals surface area contributed by atoms with E-state index < -0.39 is 0 Å². The molecule has 0 aliphatic carbocycles. The zero-order valence-electron chi connectivity index (χ0n) is 79.8. The van der Waals surface area contributed by atoms with Crippen LogP contribution >= 0.6 is 11.3 Å². The smallest absolute Gasteiger partial charge is 0.165 e. The van der Waals surface area contributed by atoms with Crippen molar-refractivity contribution in [2.75, 3.05) is 0 Å². The third-order valence-corrected chi connectivity index (χ3v) is 29.8. The zero-order chi connectivity index (χ0) is 97.6. The predicted octanol–water partition coefficient (Wildman–Crippen LogP) is 34.2. The minimum Gasteiger partial charge on any atom is -0.309 e. The first-order valence-electron chi connectivity index (χ1n) is 49.8. The number of para-hydroxylation sites is 8. The maximum atomic E-state index is 5.30. The van der Waals surface area contributed by atoms with Crippen molar-refractivity contribution < 1.29 is 0 Å². The lowest BCUT2D eigenvalue weighted by atomic mass is 9.98. The normalized spacial score (nSPS) is 11.6. The summed E-state index contributed by atoms with van der Waals surface area (Å²) in [7, 11) is 0. The van der Waals surface area contributed by atoms with E-state index in [2.05, 4.69) is 411 Å². The summed E-state index contributed by atoms with van der Waals surface area (Å²) in [6, 6.07) is 179. The summed E-state index contributed by atoms with van der Waals surface area (Å²) in [5, 5.41) is 16.1. The Morgan fingerprint density at radius 2 is 0.480 bits per heavy atom. The Kier molecular flexibility index (Phi) is 21.1. The number of aromatic nitrogens is 13. The van der Waals surface area contributed by atoms with Crippen LogP contribution in [0.4, 0.5) is 0 Å². The van der Waals surface area contributed by atoms with Crippen LogP contribution in [0.5, 0.6) is 0 Å². The molecule has 30 rings (SSSR count). The fraction of sp³-hybridized carbons (Fsp3) is 0. The van der Waals surface area contributed by atoms with Crippen LogP contribution in [0.25, 0.3) is 271 Å². The van der Waals surface area contributed by atoms with Crippen LogP contribution in [0, 0.1) is 0 Å². The van der Waals surface area contributed by atoms with Gasteiger partial charge in [0.05, 0.1) is 60.7 Å². The van der Waals surface area contributed by atoms with Gasteiger partial charge in [0.1, 0.15) is 11.6 Å². The highest BCUT2D eigenvalue weighted by atomic mass is 32.1. The van der Waals surface area contributed by atoms with Gasteiger partial charge in [-0.3, -0.25) is 9.13 Å². The molecule has 0 N–H and O–H groups in total. The van der Waals surface area contributed by atoms with Crippen molar-refractivity contribution >= 4 is 151 Å². The zero-order valence-corrected chi connectivity index (χ0v) is 80.6. The van der Waals surface area contributed by atoms with Gasteiger partial charge in [0.2, 0.25) is 0 Å². The van der Waals surface area contributed by atoms with Gasteiger partial charge in [0, 0.05) is 136 Å². The van der Waals surface area contributed by atoms with Crippen molar-refractivity contribution in [3.8, 4) is 130 Å². The van der Waals surface area contributed by atoms with Gasteiger partial charge in [-0.05, 0) is 185 Å². The number of hydrogen-bond acceptors (Lipinski definition) is 9. The number of pyridine rings is 2. The average Bonchev–Trinajstić information content (AvgIpc) is 1.54. The van der Waals surface area contributed by atoms with Crippen LogP contribution < -0.4 is 0 Å². The monoisotopic (exact) mass is 1910 g/mol. The molecular formula is C134H85N13S. The minimum atomic E-state index is 0.577. The second-order valence-corrected chi connectivity index (χ2v) is 38.3. The molecule has 0 saturated carbocycles. The van der Waals surface area contributed by atoms with Crippen molar-refractivity contribution in [3.05, 3.63) is 516 Å². The van der Waals surface area contributed by atoms with Crippen LogP contribution in [0.3, 0.4) is 0 Å². The van der Waals surface area contributed by atoms with Crippen LogP contribution in [0.15, 0.2) is 516 Å². The summed E-state index contributed by atoms with van der Waals surface area (Å²) >= 11 is 1.88. The van der Waals surface area contributed by atoms with Crippen molar-refractivity contribution in [3.63, 3.8) is 0 Å².